The molecular formula is C13H15BrN2S. The summed E-state index contributed by atoms with van der Waals surface area (Å²) < 4.78 is 1.12. The van der Waals surface area contributed by atoms with Gasteiger partial charge in [0, 0.05) is 21.9 Å². The van der Waals surface area contributed by atoms with E-state index in [2.05, 4.69) is 63.7 Å². The van der Waals surface area contributed by atoms with Crippen LogP contribution in [0.4, 0.5) is 0 Å². The molecule has 2 nitrogen and oxygen atoms in total. The van der Waals surface area contributed by atoms with Crippen LogP contribution >= 0.6 is 27.3 Å². The van der Waals surface area contributed by atoms with Crippen LogP contribution in [0.1, 0.15) is 37.2 Å². The van der Waals surface area contributed by atoms with Gasteiger partial charge in [-0.05, 0) is 31.5 Å². The highest BCUT2D eigenvalue weighted by molar-refractivity contribution is 9.10. The monoisotopic (exact) mass is 310 g/mol. The lowest BCUT2D eigenvalue weighted by atomic mass is 10.1. The molecular weight excluding hydrogens is 296 g/mol. The normalized spacial score (nSPS) is 14.5. The molecule has 0 radical (unpaired) electrons. The summed E-state index contributed by atoms with van der Waals surface area (Å²) in [4.78, 5) is 4.33. The maximum atomic E-state index is 4.33. The first kappa shape index (κ1) is 12.7. The Hall–Kier alpha value is -0.710. The molecule has 0 spiro atoms. The number of hydrogen-bond donors (Lipinski definition) is 1. The SMILES string of the molecule is CC(NC(C)c1cscn1)c1cccc(Br)c1. The van der Waals surface area contributed by atoms with Crippen molar-refractivity contribution < 1.29 is 0 Å². The second-order valence-electron chi connectivity index (χ2n) is 4.08. The van der Waals surface area contributed by atoms with Crippen LogP contribution < -0.4 is 5.32 Å². The Morgan fingerprint density at radius 2 is 2.12 bits per heavy atom. The zero-order valence-corrected chi connectivity index (χ0v) is 12.3. The summed E-state index contributed by atoms with van der Waals surface area (Å²) in [5.74, 6) is 0. The van der Waals surface area contributed by atoms with Crippen molar-refractivity contribution in [2.75, 3.05) is 0 Å². The molecule has 1 N–H and O–H groups in total. The summed E-state index contributed by atoms with van der Waals surface area (Å²) in [5.41, 5.74) is 4.26. The van der Waals surface area contributed by atoms with E-state index in [0.717, 1.165) is 10.2 Å². The van der Waals surface area contributed by atoms with Gasteiger partial charge in [-0.25, -0.2) is 4.98 Å². The topological polar surface area (TPSA) is 24.9 Å². The van der Waals surface area contributed by atoms with E-state index in [1.165, 1.54) is 5.56 Å². The van der Waals surface area contributed by atoms with Gasteiger partial charge in [-0.3, -0.25) is 0 Å². The molecule has 0 amide bonds. The van der Waals surface area contributed by atoms with E-state index in [1.807, 2.05) is 11.6 Å². The first-order valence-electron chi connectivity index (χ1n) is 5.56. The third-order valence-corrected chi connectivity index (χ3v) is 3.84. The van der Waals surface area contributed by atoms with Crippen LogP contribution in [0, 0.1) is 0 Å². The van der Waals surface area contributed by atoms with E-state index in [-0.39, 0.29) is 6.04 Å². The fourth-order valence-corrected chi connectivity index (χ4v) is 2.83. The lowest BCUT2D eigenvalue weighted by Crippen LogP contribution is -2.22. The maximum Gasteiger partial charge on any atom is 0.0795 e. The number of hydrogen-bond acceptors (Lipinski definition) is 3. The predicted octanol–water partition coefficient (Wildman–Crippen LogP) is 4.32. The largest absolute Gasteiger partial charge is 0.302 e. The van der Waals surface area contributed by atoms with E-state index >= 15 is 0 Å². The minimum absolute atomic E-state index is 0.273. The standard InChI is InChI=1S/C13H15BrN2S/c1-9(11-4-3-5-12(14)6-11)16-10(2)13-7-17-8-15-13/h3-10,16H,1-2H3. The number of halogens is 1. The molecule has 0 aliphatic rings. The van der Waals surface area contributed by atoms with Crippen molar-refractivity contribution >= 4 is 27.3 Å². The second-order valence-corrected chi connectivity index (χ2v) is 5.71. The molecule has 1 aromatic carbocycles. The van der Waals surface area contributed by atoms with E-state index in [4.69, 9.17) is 0 Å². The van der Waals surface area contributed by atoms with E-state index in [1.54, 1.807) is 11.3 Å². The van der Waals surface area contributed by atoms with E-state index in [9.17, 15) is 0 Å². The van der Waals surface area contributed by atoms with Gasteiger partial charge in [-0.15, -0.1) is 11.3 Å². The summed E-state index contributed by atoms with van der Waals surface area (Å²) in [5, 5.41) is 5.64. The molecule has 2 unspecified atom stereocenters. The number of aromatic nitrogens is 1. The summed E-state index contributed by atoms with van der Waals surface area (Å²) in [6, 6.07) is 8.96. The zero-order valence-electron chi connectivity index (χ0n) is 9.85. The molecule has 0 fully saturated rings. The molecule has 1 heterocycles. The Morgan fingerprint density at radius 1 is 1.29 bits per heavy atom. The van der Waals surface area contributed by atoms with Crippen LogP contribution in [0.3, 0.4) is 0 Å². The van der Waals surface area contributed by atoms with Crippen molar-refractivity contribution in [3.63, 3.8) is 0 Å². The van der Waals surface area contributed by atoms with Gasteiger partial charge in [0.05, 0.1) is 11.2 Å². The van der Waals surface area contributed by atoms with Gasteiger partial charge in [0.2, 0.25) is 0 Å². The average Bonchev–Trinajstić information content (AvgIpc) is 2.82. The Morgan fingerprint density at radius 3 is 2.76 bits per heavy atom. The smallest absolute Gasteiger partial charge is 0.0795 e. The van der Waals surface area contributed by atoms with Crippen LogP contribution in [0.25, 0.3) is 0 Å². The number of benzene rings is 1. The maximum absolute atomic E-state index is 4.33. The number of thiazole rings is 1. The predicted molar refractivity (Wildman–Crippen MR) is 76.2 cm³/mol. The molecule has 0 saturated carbocycles. The highest BCUT2D eigenvalue weighted by Crippen LogP contribution is 2.21. The lowest BCUT2D eigenvalue weighted by Gasteiger charge is -2.19. The van der Waals surface area contributed by atoms with Crippen LogP contribution in [0.2, 0.25) is 0 Å². The van der Waals surface area contributed by atoms with Gasteiger partial charge in [0.1, 0.15) is 0 Å². The Kier molecular flexibility index (Phi) is 4.31. The van der Waals surface area contributed by atoms with E-state index in [0.29, 0.717) is 6.04 Å². The van der Waals surface area contributed by atoms with E-state index < -0.39 is 0 Å². The average molecular weight is 311 g/mol. The van der Waals surface area contributed by atoms with Gasteiger partial charge in [0.15, 0.2) is 0 Å². The van der Waals surface area contributed by atoms with Crippen molar-refractivity contribution in [3.8, 4) is 0 Å². The molecule has 0 bridgehead atoms. The first-order valence-corrected chi connectivity index (χ1v) is 7.30. The van der Waals surface area contributed by atoms with Gasteiger partial charge in [0.25, 0.3) is 0 Å². The minimum Gasteiger partial charge on any atom is -0.302 e. The summed E-state index contributed by atoms with van der Waals surface area (Å²) in [6.07, 6.45) is 0. The molecule has 0 aliphatic carbocycles. The van der Waals surface area contributed by atoms with Gasteiger partial charge >= 0.3 is 0 Å². The Balaban J connectivity index is 2.04. The fourth-order valence-electron chi connectivity index (χ4n) is 1.77. The second kappa shape index (κ2) is 5.76. The minimum atomic E-state index is 0.273. The van der Waals surface area contributed by atoms with Crippen LogP contribution in [-0.4, -0.2) is 4.98 Å². The molecule has 2 rings (SSSR count). The zero-order chi connectivity index (χ0) is 12.3. The van der Waals surface area contributed by atoms with Crippen LogP contribution in [-0.2, 0) is 0 Å². The fraction of sp³-hybridized carbons (Fsp3) is 0.308. The van der Waals surface area contributed by atoms with Crippen molar-refractivity contribution in [2.45, 2.75) is 25.9 Å². The van der Waals surface area contributed by atoms with Crippen molar-refractivity contribution in [1.29, 1.82) is 0 Å². The van der Waals surface area contributed by atoms with Crippen molar-refractivity contribution in [1.82, 2.24) is 10.3 Å². The quantitative estimate of drug-likeness (QED) is 0.909. The Labute approximate surface area is 114 Å². The van der Waals surface area contributed by atoms with Crippen molar-refractivity contribution in [2.24, 2.45) is 0 Å². The number of nitrogens with one attached hydrogen (secondary N) is 1. The van der Waals surface area contributed by atoms with Crippen LogP contribution in [0.15, 0.2) is 39.6 Å². The number of nitrogens with zero attached hydrogens (tertiary/aromatic N) is 1. The molecule has 4 heteroatoms. The third-order valence-electron chi connectivity index (χ3n) is 2.74. The van der Waals surface area contributed by atoms with Gasteiger partial charge in [-0.2, -0.15) is 0 Å². The third kappa shape index (κ3) is 3.37. The molecule has 0 aliphatic heterocycles. The molecule has 2 aromatic rings. The van der Waals surface area contributed by atoms with Crippen LogP contribution in [0.5, 0.6) is 0 Å². The molecule has 17 heavy (non-hydrogen) atoms. The molecule has 90 valence electrons. The summed E-state index contributed by atoms with van der Waals surface area (Å²) in [7, 11) is 0. The molecule has 0 saturated heterocycles. The number of rotatable bonds is 4. The van der Waals surface area contributed by atoms with Gasteiger partial charge < -0.3 is 5.32 Å². The molecule has 2 atom stereocenters. The van der Waals surface area contributed by atoms with Gasteiger partial charge in [-0.1, -0.05) is 28.1 Å². The molecule has 1 aromatic heterocycles. The summed E-state index contributed by atoms with van der Waals surface area (Å²) in [6.45, 7) is 4.31. The lowest BCUT2D eigenvalue weighted by molar-refractivity contribution is 0.488. The highest BCUT2D eigenvalue weighted by Gasteiger charge is 2.12. The van der Waals surface area contributed by atoms with Crippen molar-refractivity contribution in [3.05, 3.63) is 50.9 Å². The highest BCUT2D eigenvalue weighted by atomic mass is 79.9. The summed E-state index contributed by atoms with van der Waals surface area (Å²) >= 11 is 5.13. The first-order chi connectivity index (χ1) is 8.16. The Bertz CT molecular complexity index is 470.